The van der Waals surface area contributed by atoms with Crippen LogP contribution in [0.4, 0.5) is 4.39 Å². The highest BCUT2D eigenvalue weighted by atomic mass is 32.2. The Morgan fingerprint density at radius 3 is 2.76 bits per heavy atom. The fourth-order valence-electron chi connectivity index (χ4n) is 2.10. The second-order valence-electron chi connectivity index (χ2n) is 4.81. The Hall–Kier alpha value is -2.14. The second-order valence-corrected chi connectivity index (χ2v) is 5.85. The lowest BCUT2D eigenvalue weighted by Crippen LogP contribution is -1.98. The van der Waals surface area contributed by atoms with E-state index in [1.165, 1.54) is 24.8 Å². The molecule has 21 heavy (non-hydrogen) atoms. The van der Waals surface area contributed by atoms with Crippen LogP contribution in [0, 0.1) is 12.7 Å². The summed E-state index contributed by atoms with van der Waals surface area (Å²) in [6.07, 6.45) is 0. The van der Waals surface area contributed by atoms with E-state index in [2.05, 4.69) is 9.97 Å². The standard InChI is InChI=1S/C16H13FN2OS/c1-9-7-15(11(10(2)20)8-12(9)17)21-16-18-13-5-3-4-6-14(13)19-16/h3-8H,1-2H3,(H,18,19). The number of carbonyl (C=O) groups excluding carboxylic acids is 1. The Labute approximate surface area is 125 Å². The van der Waals surface area contributed by atoms with Crippen LogP contribution in [0.5, 0.6) is 0 Å². The maximum absolute atomic E-state index is 13.6. The molecule has 3 nitrogen and oxygen atoms in total. The van der Waals surface area contributed by atoms with Crippen molar-refractivity contribution in [3.63, 3.8) is 0 Å². The molecular formula is C16H13FN2OS. The molecule has 0 radical (unpaired) electrons. The zero-order valence-corrected chi connectivity index (χ0v) is 12.4. The Morgan fingerprint density at radius 1 is 1.29 bits per heavy atom. The van der Waals surface area contributed by atoms with E-state index in [1.807, 2.05) is 24.3 Å². The lowest BCUT2D eigenvalue weighted by molar-refractivity contribution is 0.101. The summed E-state index contributed by atoms with van der Waals surface area (Å²) < 4.78 is 13.6. The number of nitrogens with one attached hydrogen (secondary N) is 1. The Morgan fingerprint density at radius 2 is 2.05 bits per heavy atom. The van der Waals surface area contributed by atoms with Crippen molar-refractivity contribution in [2.75, 3.05) is 0 Å². The number of rotatable bonds is 3. The van der Waals surface area contributed by atoms with Gasteiger partial charge in [0.05, 0.1) is 11.0 Å². The van der Waals surface area contributed by atoms with Gasteiger partial charge in [-0.05, 0) is 43.7 Å². The zero-order valence-electron chi connectivity index (χ0n) is 11.6. The van der Waals surface area contributed by atoms with Gasteiger partial charge in [0, 0.05) is 10.5 Å². The van der Waals surface area contributed by atoms with E-state index < -0.39 is 0 Å². The van der Waals surface area contributed by atoms with Crippen LogP contribution in [0.2, 0.25) is 0 Å². The minimum absolute atomic E-state index is 0.160. The molecule has 0 aliphatic rings. The minimum Gasteiger partial charge on any atom is -0.333 e. The van der Waals surface area contributed by atoms with E-state index in [9.17, 15) is 9.18 Å². The highest BCUT2D eigenvalue weighted by Gasteiger charge is 2.14. The van der Waals surface area contributed by atoms with Crippen molar-refractivity contribution >= 4 is 28.6 Å². The molecule has 3 rings (SSSR count). The van der Waals surface area contributed by atoms with Crippen LogP contribution in [0.15, 0.2) is 46.5 Å². The van der Waals surface area contributed by atoms with Crippen molar-refractivity contribution < 1.29 is 9.18 Å². The lowest BCUT2D eigenvalue weighted by Gasteiger charge is -2.07. The van der Waals surface area contributed by atoms with Gasteiger partial charge in [-0.15, -0.1) is 0 Å². The fraction of sp³-hybridized carbons (Fsp3) is 0.125. The van der Waals surface area contributed by atoms with E-state index in [-0.39, 0.29) is 11.6 Å². The molecule has 0 unspecified atom stereocenters. The van der Waals surface area contributed by atoms with E-state index in [0.717, 1.165) is 11.0 Å². The van der Waals surface area contributed by atoms with E-state index in [1.54, 1.807) is 13.0 Å². The molecule has 0 aliphatic heterocycles. The van der Waals surface area contributed by atoms with Crippen molar-refractivity contribution in [3.05, 3.63) is 53.3 Å². The van der Waals surface area contributed by atoms with Gasteiger partial charge in [-0.3, -0.25) is 4.79 Å². The maximum Gasteiger partial charge on any atom is 0.171 e. The molecule has 0 fully saturated rings. The van der Waals surface area contributed by atoms with Gasteiger partial charge >= 0.3 is 0 Å². The number of imidazole rings is 1. The third kappa shape index (κ3) is 2.69. The average Bonchev–Trinajstić information content (AvgIpc) is 2.84. The number of hydrogen-bond donors (Lipinski definition) is 1. The number of benzene rings is 2. The van der Waals surface area contributed by atoms with E-state index >= 15 is 0 Å². The average molecular weight is 300 g/mol. The minimum atomic E-state index is -0.367. The first-order valence-corrected chi connectivity index (χ1v) is 7.30. The molecule has 0 bridgehead atoms. The summed E-state index contributed by atoms with van der Waals surface area (Å²) in [6, 6.07) is 10.7. The molecule has 0 aliphatic carbocycles. The SMILES string of the molecule is CC(=O)c1cc(F)c(C)cc1Sc1nc2ccccc2[nH]1. The first-order valence-electron chi connectivity index (χ1n) is 6.48. The summed E-state index contributed by atoms with van der Waals surface area (Å²) in [5.74, 6) is -0.526. The Bertz CT molecular complexity index is 808. The molecule has 1 aromatic heterocycles. The highest BCUT2D eigenvalue weighted by molar-refractivity contribution is 7.99. The number of aryl methyl sites for hydroxylation is 1. The Kier molecular flexibility index (Phi) is 3.51. The lowest BCUT2D eigenvalue weighted by atomic mass is 10.1. The number of carbonyl (C=O) groups is 1. The number of aromatic amines is 1. The maximum atomic E-state index is 13.6. The molecule has 1 heterocycles. The zero-order chi connectivity index (χ0) is 15.0. The van der Waals surface area contributed by atoms with Crippen LogP contribution in [-0.2, 0) is 0 Å². The molecule has 0 saturated carbocycles. The molecule has 2 aromatic carbocycles. The number of nitrogens with zero attached hydrogens (tertiary/aromatic N) is 1. The summed E-state index contributed by atoms with van der Waals surface area (Å²) in [6.45, 7) is 3.12. The summed E-state index contributed by atoms with van der Waals surface area (Å²) in [5, 5.41) is 0.685. The second kappa shape index (κ2) is 5.33. The molecular weight excluding hydrogens is 287 g/mol. The quantitative estimate of drug-likeness (QED) is 0.731. The third-order valence-corrected chi connectivity index (χ3v) is 4.16. The Balaban J connectivity index is 2.04. The van der Waals surface area contributed by atoms with Crippen LogP contribution in [0.1, 0.15) is 22.8 Å². The molecule has 3 aromatic rings. The van der Waals surface area contributed by atoms with Crippen molar-refractivity contribution in [1.82, 2.24) is 9.97 Å². The number of Topliss-reactive ketones (excluding diaryl/α,β-unsaturated/α-hetero) is 1. The number of halogens is 1. The number of H-pyrrole nitrogens is 1. The molecule has 5 heteroatoms. The summed E-state index contributed by atoms with van der Waals surface area (Å²) >= 11 is 1.34. The smallest absolute Gasteiger partial charge is 0.171 e. The van der Waals surface area contributed by atoms with Gasteiger partial charge < -0.3 is 4.98 Å². The van der Waals surface area contributed by atoms with Crippen LogP contribution in [0.3, 0.4) is 0 Å². The van der Waals surface area contributed by atoms with E-state index in [0.29, 0.717) is 21.2 Å². The molecule has 0 amide bonds. The summed E-state index contributed by atoms with van der Waals surface area (Å²) in [5.41, 5.74) is 2.69. The summed E-state index contributed by atoms with van der Waals surface area (Å²) in [7, 11) is 0. The number of ketones is 1. The van der Waals surface area contributed by atoms with Gasteiger partial charge in [0.25, 0.3) is 0 Å². The van der Waals surface area contributed by atoms with Crippen LogP contribution in [-0.4, -0.2) is 15.8 Å². The van der Waals surface area contributed by atoms with Crippen molar-refractivity contribution in [3.8, 4) is 0 Å². The predicted molar refractivity (Wildman–Crippen MR) is 81.4 cm³/mol. The highest BCUT2D eigenvalue weighted by Crippen LogP contribution is 2.32. The molecule has 106 valence electrons. The van der Waals surface area contributed by atoms with Gasteiger partial charge in [-0.2, -0.15) is 0 Å². The van der Waals surface area contributed by atoms with Crippen molar-refractivity contribution in [2.45, 2.75) is 23.9 Å². The largest absolute Gasteiger partial charge is 0.333 e. The number of para-hydroxylation sites is 2. The van der Waals surface area contributed by atoms with E-state index in [4.69, 9.17) is 0 Å². The van der Waals surface area contributed by atoms with Gasteiger partial charge in [0.2, 0.25) is 0 Å². The van der Waals surface area contributed by atoms with Gasteiger partial charge in [0.15, 0.2) is 10.9 Å². The van der Waals surface area contributed by atoms with Gasteiger partial charge in [0.1, 0.15) is 5.82 Å². The fourth-order valence-corrected chi connectivity index (χ4v) is 3.16. The van der Waals surface area contributed by atoms with Crippen LogP contribution in [0.25, 0.3) is 11.0 Å². The molecule has 0 spiro atoms. The normalized spacial score (nSPS) is 11.0. The van der Waals surface area contributed by atoms with Crippen molar-refractivity contribution in [1.29, 1.82) is 0 Å². The van der Waals surface area contributed by atoms with Crippen molar-refractivity contribution in [2.24, 2.45) is 0 Å². The number of fused-ring (bicyclic) bond motifs is 1. The third-order valence-electron chi connectivity index (χ3n) is 3.21. The van der Waals surface area contributed by atoms with Crippen LogP contribution < -0.4 is 0 Å². The molecule has 1 N–H and O–H groups in total. The predicted octanol–water partition coefficient (Wildman–Crippen LogP) is 4.36. The first-order chi connectivity index (χ1) is 10.0. The van der Waals surface area contributed by atoms with Gasteiger partial charge in [-0.1, -0.05) is 23.9 Å². The molecule has 0 saturated heterocycles. The number of hydrogen-bond acceptors (Lipinski definition) is 3. The molecule has 0 atom stereocenters. The first kappa shape index (κ1) is 13.8. The van der Waals surface area contributed by atoms with Crippen LogP contribution >= 0.6 is 11.8 Å². The monoisotopic (exact) mass is 300 g/mol. The van der Waals surface area contributed by atoms with Gasteiger partial charge in [-0.25, -0.2) is 9.37 Å². The summed E-state index contributed by atoms with van der Waals surface area (Å²) in [4.78, 5) is 20.0. The number of aromatic nitrogens is 2. The topological polar surface area (TPSA) is 45.8 Å².